The van der Waals surface area contributed by atoms with Gasteiger partial charge in [0, 0.05) is 23.9 Å². The first-order chi connectivity index (χ1) is 21.5. The van der Waals surface area contributed by atoms with Gasteiger partial charge in [-0.3, -0.25) is 0 Å². The van der Waals surface area contributed by atoms with E-state index in [1.54, 1.807) is 0 Å². The van der Waals surface area contributed by atoms with Crippen LogP contribution >= 0.6 is 0 Å². The van der Waals surface area contributed by atoms with Crippen LogP contribution in [0.25, 0.3) is 32.7 Å². The van der Waals surface area contributed by atoms with Crippen molar-refractivity contribution in [2.45, 2.75) is 111 Å². The second-order valence-corrected chi connectivity index (χ2v) is 16.8. The highest BCUT2D eigenvalue weighted by Gasteiger charge is 2.41. The molecule has 46 heavy (non-hydrogen) atoms. The Morgan fingerprint density at radius 3 is 1.72 bits per heavy atom. The summed E-state index contributed by atoms with van der Waals surface area (Å²) in [5.74, 6) is -0.663. The second-order valence-electron chi connectivity index (χ2n) is 16.8. The molecule has 1 aliphatic heterocycles. The number of benzene rings is 4. The summed E-state index contributed by atoms with van der Waals surface area (Å²) in [4.78, 5) is 28.1. The number of carbonyl (C=O) groups excluding carboxylic acids is 2. The SMILES string of the molecule is CC1(C)CC(OC(=O)c2cc(-c3cc4ccccc4cc3C(=O)OC3CC(C)(C)NC(C)(C)C3)cc3ccccc23)CC(C)(C)C1. The van der Waals surface area contributed by atoms with Gasteiger partial charge in [0.25, 0.3) is 0 Å². The Morgan fingerprint density at radius 1 is 0.609 bits per heavy atom. The lowest BCUT2D eigenvalue weighted by Crippen LogP contribution is -2.59. The first kappa shape index (κ1) is 32.2. The van der Waals surface area contributed by atoms with Gasteiger partial charge in [0.15, 0.2) is 0 Å². The van der Waals surface area contributed by atoms with Crippen LogP contribution in [0.1, 0.15) is 108 Å². The number of fused-ring (bicyclic) bond motifs is 2. The molecule has 4 aromatic rings. The van der Waals surface area contributed by atoms with Crippen molar-refractivity contribution in [3.63, 3.8) is 0 Å². The van der Waals surface area contributed by atoms with Crippen molar-refractivity contribution < 1.29 is 19.1 Å². The maximum Gasteiger partial charge on any atom is 0.339 e. The zero-order chi connectivity index (χ0) is 33.1. The number of hydrogen-bond donors (Lipinski definition) is 1. The molecule has 0 unspecified atom stereocenters. The Hall–Kier alpha value is -3.70. The minimum Gasteiger partial charge on any atom is -0.459 e. The average molecular weight is 620 g/mol. The normalized spacial score (nSPS) is 20.8. The van der Waals surface area contributed by atoms with Crippen LogP contribution in [-0.2, 0) is 9.47 Å². The van der Waals surface area contributed by atoms with Crippen molar-refractivity contribution in [1.29, 1.82) is 0 Å². The number of esters is 2. The van der Waals surface area contributed by atoms with E-state index in [-0.39, 0.29) is 46.1 Å². The van der Waals surface area contributed by atoms with E-state index >= 15 is 0 Å². The number of ether oxygens (including phenoxy) is 2. The van der Waals surface area contributed by atoms with E-state index in [2.05, 4.69) is 72.8 Å². The Labute approximate surface area is 274 Å². The highest BCUT2D eigenvalue weighted by atomic mass is 16.5. The lowest BCUT2D eigenvalue weighted by molar-refractivity contribution is -0.0282. The smallest absolute Gasteiger partial charge is 0.339 e. The molecule has 1 saturated heterocycles. The second kappa shape index (κ2) is 11.5. The van der Waals surface area contributed by atoms with Gasteiger partial charge in [-0.1, -0.05) is 76.2 Å². The topological polar surface area (TPSA) is 64.6 Å². The standard InChI is InChI=1S/C41H49NO4/c1-38(2)21-30(22-39(3,4)25-38)45-36(43)34-20-29(17-28-15-11-12-16-32(28)34)33-18-26-13-9-10-14-27(26)19-35(33)37(44)46-31-23-40(5,6)42-41(7,8)24-31/h9-20,30-31,42H,21-25H2,1-8H3. The van der Waals surface area contributed by atoms with Crippen LogP contribution in [0, 0.1) is 10.8 Å². The summed E-state index contributed by atoms with van der Waals surface area (Å²) in [6.45, 7) is 17.7. The van der Waals surface area contributed by atoms with Crippen LogP contribution in [0.15, 0.2) is 72.8 Å². The predicted octanol–water partition coefficient (Wildman–Crippen LogP) is 9.89. The van der Waals surface area contributed by atoms with Gasteiger partial charge in [-0.05, 0) is 115 Å². The van der Waals surface area contributed by atoms with Crippen molar-refractivity contribution >= 4 is 33.5 Å². The van der Waals surface area contributed by atoms with Crippen molar-refractivity contribution in [1.82, 2.24) is 5.32 Å². The molecule has 0 aromatic heterocycles. The molecule has 2 aliphatic rings. The number of hydrogen-bond acceptors (Lipinski definition) is 5. The van der Waals surface area contributed by atoms with Gasteiger partial charge in [0.05, 0.1) is 11.1 Å². The zero-order valence-electron chi connectivity index (χ0n) is 28.8. The first-order valence-electron chi connectivity index (χ1n) is 16.8. The van der Waals surface area contributed by atoms with E-state index < -0.39 is 0 Å². The third-order valence-corrected chi connectivity index (χ3v) is 9.72. The molecule has 1 N–H and O–H groups in total. The molecule has 0 spiro atoms. The third-order valence-electron chi connectivity index (χ3n) is 9.72. The fraction of sp³-hybridized carbons (Fsp3) is 0.463. The van der Waals surface area contributed by atoms with Gasteiger partial charge in [-0.2, -0.15) is 0 Å². The van der Waals surface area contributed by atoms with Crippen molar-refractivity contribution in [3.8, 4) is 11.1 Å². The molecule has 1 heterocycles. The minimum absolute atomic E-state index is 0.0930. The number of carbonyl (C=O) groups is 2. The van der Waals surface area contributed by atoms with E-state index in [4.69, 9.17) is 9.47 Å². The largest absolute Gasteiger partial charge is 0.459 e. The summed E-state index contributed by atoms with van der Waals surface area (Å²) in [6.07, 6.45) is 3.86. The third kappa shape index (κ3) is 7.00. The van der Waals surface area contributed by atoms with E-state index in [9.17, 15) is 9.59 Å². The van der Waals surface area contributed by atoms with Crippen LogP contribution in [0.3, 0.4) is 0 Å². The van der Waals surface area contributed by atoms with Crippen LogP contribution in [0.4, 0.5) is 0 Å². The molecule has 6 rings (SSSR count). The van der Waals surface area contributed by atoms with Gasteiger partial charge in [-0.25, -0.2) is 9.59 Å². The summed E-state index contributed by atoms with van der Waals surface area (Å²) in [5, 5.41) is 7.42. The van der Waals surface area contributed by atoms with Gasteiger partial charge >= 0.3 is 11.9 Å². The van der Waals surface area contributed by atoms with E-state index in [1.807, 2.05) is 60.7 Å². The van der Waals surface area contributed by atoms with Gasteiger partial charge in [-0.15, -0.1) is 0 Å². The Balaban J connectivity index is 1.41. The predicted molar refractivity (Wildman–Crippen MR) is 187 cm³/mol. The number of nitrogens with one attached hydrogen (secondary N) is 1. The summed E-state index contributed by atoms with van der Waals surface area (Å²) in [6, 6.07) is 23.9. The summed E-state index contributed by atoms with van der Waals surface area (Å²) >= 11 is 0. The highest BCUT2D eigenvalue weighted by Crippen LogP contribution is 2.47. The molecule has 242 valence electrons. The maximum absolute atomic E-state index is 14.1. The Bertz CT molecular complexity index is 1780. The van der Waals surface area contributed by atoms with Gasteiger partial charge in [0.2, 0.25) is 0 Å². The number of piperidine rings is 1. The monoisotopic (exact) mass is 619 g/mol. The lowest BCUT2D eigenvalue weighted by Gasteiger charge is -2.45. The molecule has 5 nitrogen and oxygen atoms in total. The molecule has 0 atom stereocenters. The molecule has 0 amide bonds. The van der Waals surface area contributed by atoms with Crippen LogP contribution in [0.2, 0.25) is 0 Å². The fourth-order valence-electron chi connectivity index (χ4n) is 8.85. The quantitative estimate of drug-likeness (QED) is 0.225. The highest BCUT2D eigenvalue weighted by molar-refractivity contribution is 6.09. The molecular formula is C41H49NO4. The molecule has 1 saturated carbocycles. The average Bonchev–Trinajstić information content (AvgIpc) is 2.92. The molecule has 4 aromatic carbocycles. The molecule has 0 radical (unpaired) electrons. The zero-order valence-corrected chi connectivity index (χ0v) is 28.8. The molecule has 5 heteroatoms. The molecule has 2 fully saturated rings. The van der Waals surface area contributed by atoms with Crippen molar-refractivity contribution in [3.05, 3.63) is 83.9 Å². The van der Waals surface area contributed by atoms with Crippen LogP contribution in [-0.4, -0.2) is 35.2 Å². The molecule has 0 bridgehead atoms. The van der Waals surface area contributed by atoms with Crippen molar-refractivity contribution in [2.24, 2.45) is 10.8 Å². The number of rotatable bonds is 5. The van der Waals surface area contributed by atoms with E-state index in [1.165, 1.54) is 0 Å². The Kier molecular flexibility index (Phi) is 8.08. The van der Waals surface area contributed by atoms with Crippen LogP contribution in [0.5, 0.6) is 0 Å². The summed E-state index contributed by atoms with van der Waals surface area (Å²) in [7, 11) is 0. The van der Waals surface area contributed by atoms with E-state index in [0.717, 1.165) is 64.8 Å². The fourth-order valence-corrected chi connectivity index (χ4v) is 8.85. The minimum atomic E-state index is -0.344. The summed E-state index contributed by atoms with van der Waals surface area (Å²) < 4.78 is 12.6. The molecule has 1 aliphatic carbocycles. The van der Waals surface area contributed by atoms with E-state index in [0.29, 0.717) is 11.1 Å². The van der Waals surface area contributed by atoms with Crippen molar-refractivity contribution in [2.75, 3.05) is 0 Å². The first-order valence-corrected chi connectivity index (χ1v) is 16.8. The summed E-state index contributed by atoms with van der Waals surface area (Å²) in [5.41, 5.74) is 2.42. The maximum atomic E-state index is 14.1. The van der Waals surface area contributed by atoms with Gasteiger partial charge < -0.3 is 14.8 Å². The lowest BCUT2D eigenvalue weighted by atomic mass is 9.64. The van der Waals surface area contributed by atoms with Gasteiger partial charge in [0.1, 0.15) is 12.2 Å². The van der Waals surface area contributed by atoms with Crippen LogP contribution < -0.4 is 5.32 Å². The Morgan fingerprint density at radius 2 is 1.11 bits per heavy atom. The molecular weight excluding hydrogens is 570 g/mol.